The molecule has 4 nitrogen and oxygen atoms in total. The van der Waals surface area contributed by atoms with E-state index < -0.39 is 5.97 Å². The van der Waals surface area contributed by atoms with E-state index in [1.165, 1.54) is 48.4 Å². The molecule has 1 heterocycles. The van der Waals surface area contributed by atoms with E-state index in [1.807, 2.05) is 0 Å². The van der Waals surface area contributed by atoms with E-state index in [-0.39, 0.29) is 5.92 Å². The molecule has 0 radical (unpaired) electrons. The van der Waals surface area contributed by atoms with Gasteiger partial charge in [-0.3, -0.25) is 9.69 Å². The van der Waals surface area contributed by atoms with Crippen molar-refractivity contribution in [3.05, 3.63) is 42.0 Å². The number of nitrogens with zero attached hydrogens (tertiary/aromatic N) is 1. The van der Waals surface area contributed by atoms with E-state index in [0.29, 0.717) is 11.8 Å². The Morgan fingerprint density at radius 1 is 1.00 bits per heavy atom. The Labute approximate surface area is 192 Å². The first-order chi connectivity index (χ1) is 15.6. The first-order valence-electron chi connectivity index (χ1n) is 12.7. The summed E-state index contributed by atoms with van der Waals surface area (Å²) in [7, 11) is 0. The van der Waals surface area contributed by atoms with Gasteiger partial charge in [0.1, 0.15) is 5.75 Å². The first-order valence-corrected chi connectivity index (χ1v) is 12.7. The minimum absolute atomic E-state index is 0.113. The van der Waals surface area contributed by atoms with Gasteiger partial charge in [-0.2, -0.15) is 0 Å². The predicted octanol–water partition coefficient (Wildman–Crippen LogP) is 6.51. The van der Waals surface area contributed by atoms with Crippen LogP contribution in [0, 0.1) is 17.8 Å². The van der Waals surface area contributed by atoms with Gasteiger partial charge >= 0.3 is 5.97 Å². The van der Waals surface area contributed by atoms with Crippen LogP contribution in [-0.2, 0) is 11.3 Å². The van der Waals surface area contributed by atoms with Crippen LogP contribution in [0.3, 0.4) is 0 Å². The molecule has 0 bridgehead atoms. The van der Waals surface area contributed by atoms with Crippen molar-refractivity contribution >= 4 is 16.7 Å². The fraction of sp³-hybridized carbons (Fsp3) is 0.607. The third kappa shape index (κ3) is 6.04. The van der Waals surface area contributed by atoms with E-state index in [1.54, 1.807) is 0 Å². The van der Waals surface area contributed by atoms with Crippen LogP contribution < -0.4 is 4.74 Å². The molecule has 174 valence electrons. The van der Waals surface area contributed by atoms with Crippen LogP contribution in [0.5, 0.6) is 5.75 Å². The topological polar surface area (TPSA) is 49.8 Å². The van der Waals surface area contributed by atoms with E-state index in [0.717, 1.165) is 57.7 Å². The van der Waals surface area contributed by atoms with Gasteiger partial charge in [-0.15, -0.1) is 0 Å². The summed E-state index contributed by atoms with van der Waals surface area (Å²) in [5.41, 5.74) is 1.35. The largest absolute Gasteiger partial charge is 0.494 e. The van der Waals surface area contributed by atoms with Crippen molar-refractivity contribution in [1.82, 2.24) is 4.90 Å². The van der Waals surface area contributed by atoms with Crippen molar-refractivity contribution in [2.75, 3.05) is 19.7 Å². The zero-order chi connectivity index (χ0) is 22.3. The lowest BCUT2D eigenvalue weighted by molar-refractivity contribution is -0.144. The summed E-state index contributed by atoms with van der Waals surface area (Å²) in [4.78, 5) is 13.9. The maximum atomic E-state index is 11.3. The van der Waals surface area contributed by atoms with Crippen molar-refractivity contribution in [2.24, 2.45) is 17.8 Å². The number of aliphatic carboxylic acids is 1. The van der Waals surface area contributed by atoms with Gasteiger partial charge in [-0.05, 0) is 65.6 Å². The molecule has 0 spiro atoms. The number of ether oxygens (including phenoxy) is 1. The molecule has 2 aromatic rings. The lowest BCUT2D eigenvalue weighted by Crippen LogP contribution is -2.50. The number of carboxylic acids is 1. The summed E-state index contributed by atoms with van der Waals surface area (Å²) >= 11 is 0. The zero-order valence-corrected chi connectivity index (χ0v) is 19.6. The van der Waals surface area contributed by atoms with Gasteiger partial charge in [-0.1, -0.05) is 63.6 Å². The van der Waals surface area contributed by atoms with Gasteiger partial charge in [0, 0.05) is 19.6 Å². The second-order valence-electron chi connectivity index (χ2n) is 10.0. The summed E-state index contributed by atoms with van der Waals surface area (Å²) in [6.45, 7) is 6.25. The van der Waals surface area contributed by atoms with Crippen molar-refractivity contribution in [2.45, 2.75) is 71.3 Å². The Balaban J connectivity index is 1.24. The van der Waals surface area contributed by atoms with E-state index in [4.69, 9.17) is 4.74 Å². The SMILES string of the molecule is CCCCCCCOc1ccc2cc(CN3CC(C4CCCC(C(=O)O)C4)C3)ccc2c1. The minimum atomic E-state index is -0.595. The highest BCUT2D eigenvalue weighted by molar-refractivity contribution is 5.84. The minimum Gasteiger partial charge on any atom is -0.494 e. The van der Waals surface area contributed by atoms with Crippen LogP contribution in [0.25, 0.3) is 10.8 Å². The molecule has 32 heavy (non-hydrogen) atoms. The fourth-order valence-electron chi connectivity index (χ4n) is 5.53. The molecule has 2 aliphatic rings. The Bertz CT molecular complexity index is 889. The van der Waals surface area contributed by atoms with E-state index >= 15 is 0 Å². The van der Waals surface area contributed by atoms with Gasteiger partial charge in [0.05, 0.1) is 12.5 Å². The third-order valence-corrected chi connectivity index (χ3v) is 7.52. The summed E-state index contributed by atoms with van der Waals surface area (Å²) in [6.07, 6.45) is 10.3. The van der Waals surface area contributed by atoms with Crippen LogP contribution in [0.15, 0.2) is 36.4 Å². The second-order valence-corrected chi connectivity index (χ2v) is 10.0. The van der Waals surface area contributed by atoms with Crippen LogP contribution in [-0.4, -0.2) is 35.7 Å². The summed E-state index contributed by atoms with van der Waals surface area (Å²) in [6, 6.07) is 13.2. The maximum Gasteiger partial charge on any atom is 0.306 e. The molecule has 2 aromatic carbocycles. The average molecular weight is 438 g/mol. The normalized spacial score (nSPS) is 22.0. The molecule has 4 heteroatoms. The zero-order valence-electron chi connectivity index (χ0n) is 19.6. The molecule has 2 fully saturated rings. The molecule has 1 aliphatic heterocycles. The number of hydrogen-bond donors (Lipinski definition) is 1. The number of fused-ring (bicyclic) bond motifs is 1. The lowest BCUT2D eigenvalue weighted by atomic mass is 9.72. The number of carbonyl (C=O) groups is 1. The lowest BCUT2D eigenvalue weighted by Gasteiger charge is -2.45. The number of carboxylic acid groups (broad SMARTS) is 1. The molecule has 4 rings (SSSR count). The molecular weight excluding hydrogens is 398 g/mol. The smallest absolute Gasteiger partial charge is 0.306 e. The average Bonchev–Trinajstić information content (AvgIpc) is 2.78. The van der Waals surface area contributed by atoms with Crippen LogP contribution in [0.1, 0.15) is 70.3 Å². The number of unbranched alkanes of at least 4 members (excludes halogenated alkanes) is 4. The highest BCUT2D eigenvalue weighted by atomic mass is 16.5. The van der Waals surface area contributed by atoms with Gasteiger partial charge in [0.2, 0.25) is 0 Å². The standard InChI is InChI=1S/C28H39NO3/c1-2-3-4-5-6-14-32-27-13-12-23-15-21(10-11-24(23)17-27)18-29-19-26(20-29)22-8-7-9-25(16-22)28(30)31/h10-13,15,17,22,25-26H,2-9,14,16,18-20H2,1H3,(H,30,31). The monoisotopic (exact) mass is 437 g/mol. The van der Waals surface area contributed by atoms with Gasteiger partial charge < -0.3 is 9.84 Å². The quantitative estimate of drug-likeness (QED) is 0.407. The molecule has 1 N–H and O–H groups in total. The highest BCUT2D eigenvalue weighted by Crippen LogP contribution is 2.38. The Morgan fingerprint density at radius 3 is 2.59 bits per heavy atom. The number of hydrogen-bond acceptors (Lipinski definition) is 3. The number of benzene rings is 2. The Hall–Kier alpha value is -2.07. The molecule has 1 aliphatic carbocycles. The fourth-order valence-corrected chi connectivity index (χ4v) is 5.53. The summed E-state index contributed by atoms with van der Waals surface area (Å²) in [5.74, 6) is 1.54. The Morgan fingerprint density at radius 2 is 1.78 bits per heavy atom. The Kier molecular flexibility index (Phi) is 8.07. The van der Waals surface area contributed by atoms with Crippen molar-refractivity contribution in [1.29, 1.82) is 0 Å². The van der Waals surface area contributed by atoms with Gasteiger partial charge in [0.15, 0.2) is 0 Å². The van der Waals surface area contributed by atoms with Crippen LogP contribution in [0.4, 0.5) is 0 Å². The van der Waals surface area contributed by atoms with Gasteiger partial charge in [-0.25, -0.2) is 0 Å². The molecule has 1 saturated heterocycles. The number of likely N-dealkylation sites (tertiary alicyclic amines) is 1. The molecule has 2 atom stereocenters. The molecule has 2 unspecified atom stereocenters. The molecule has 0 amide bonds. The van der Waals surface area contributed by atoms with Crippen LogP contribution in [0.2, 0.25) is 0 Å². The van der Waals surface area contributed by atoms with Crippen molar-refractivity contribution in [3.63, 3.8) is 0 Å². The van der Waals surface area contributed by atoms with Crippen LogP contribution >= 0.6 is 0 Å². The highest BCUT2D eigenvalue weighted by Gasteiger charge is 2.37. The first kappa shape index (κ1) is 23.1. The second kappa shape index (κ2) is 11.2. The number of rotatable bonds is 11. The van der Waals surface area contributed by atoms with E-state index in [9.17, 15) is 9.90 Å². The van der Waals surface area contributed by atoms with E-state index in [2.05, 4.69) is 48.2 Å². The molecular formula is C28H39NO3. The molecule has 1 saturated carbocycles. The summed E-state index contributed by atoms with van der Waals surface area (Å²) < 4.78 is 5.96. The third-order valence-electron chi connectivity index (χ3n) is 7.52. The van der Waals surface area contributed by atoms with Gasteiger partial charge in [0.25, 0.3) is 0 Å². The maximum absolute atomic E-state index is 11.3. The van der Waals surface area contributed by atoms with Crippen molar-refractivity contribution < 1.29 is 14.6 Å². The predicted molar refractivity (Wildman–Crippen MR) is 130 cm³/mol. The summed E-state index contributed by atoms with van der Waals surface area (Å²) in [5, 5.41) is 11.8. The van der Waals surface area contributed by atoms with Crippen molar-refractivity contribution in [3.8, 4) is 5.75 Å². The molecule has 0 aromatic heterocycles.